The van der Waals surface area contributed by atoms with Crippen LogP contribution in [-0.2, 0) is 33.1 Å². The molecule has 0 bridgehead atoms. The molecule has 65 heavy (non-hydrogen) atoms. The van der Waals surface area contributed by atoms with Crippen molar-refractivity contribution in [3.63, 3.8) is 0 Å². The van der Waals surface area contributed by atoms with Gasteiger partial charge in [0.15, 0.2) is 0 Å². The van der Waals surface area contributed by atoms with Gasteiger partial charge in [-0.2, -0.15) is 8.42 Å². The third-order valence-electron chi connectivity index (χ3n) is 11.3. The van der Waals surface area contributed by atoms with Crippen LogP contribution < -0.4 is 14.6 Å². The van der Waals surface area contributed by atoms with Crippen molar-refractivity contribution in [2.45, 2.75) is 191 Å². The summed E-state index contributed by atoms with van der Waals surface area (Å²) in [4.78, 5) is -0.647. The Kier molecular flexibility index (Phi) is 30.1. The summed E-state index contributed by atoms with van der Waals surface area (Å²) in [6.45, 7) is 4.49. The fourth-order valence-electron chi connectivity index (χ4n) is 7.61. The summed E-state index contributed by atoms with van der Waals surface area (Å²) in [5.74, 6) is 0.722. The molecule has 0 aliphatic rings. The van der Waals surface area contributed by atoms with Crippen molar-refractivity contribution in [3.8, 4) is 34.5 Å². The molecule has 0 aliphatic carbocycles. The van der Waals surface area contributed by atoms with Crippen molar-refractivity contribution in [3.05, 3.63) is 96.1 Å². The van der Waals surface area contributed by atoms with Gasteiger partial charge >= 0.3 is 37.7 Å². The molecule has 0 saturated carbocycles. The van der Waals surface area contributed by atoms with Gasteiger partial charge in [0.1, 0.15) is 43.8 Å². The molecule has 0 unspecified atom stereocenters. The maximum atomic E-state index is 11.7. The molecule has 0 saturated heterocycles. The molecule has 0 radical (unpaired) electrons. The number of benzene rings is 4. The van der Waals surface area contributed by atoms with E-state index in [1.165, 1.54) is 177 Å². The van der Waals surface area contributed by atoms with Gasteiger partial charge in [-0.25, -0.2) is 8.42 Å². The molecule has 0 fully saturated rings. The first-order chi connectivity index (χ1) is 30.8. The average Bonchev–Trinajstić information content (AvgIpc) is 3.25. The molecular weight excluding hydrogens is 889 g/mol. The Bertz CT molecular complexity index is 1940. The monoisotopic (exact) mass is 962 g/mol. The summed E-state index contributed by atoms with van der Waals surface area (Å²) in [6, 6.07) is 21.0. The van der Waals surface area contributed by atoms with Crippen molar-refractivity contribution >= 4 is 58.0 Å². The molecule has 13 heteroatoms. The molecule has 4 aromatic rings. The quantitative estimate of drug-likeness (QED) is 0.0272. The van der Waals surface area contributed by atoms with Crippen LogP contribution in [0, 0.1) is 0 Å². The largest absolute Gasteiger partial charge is 2.00 e. The van der Waals surface area contributed by atoms with E-state index in [1.54, 1.807) is 36.4 Å². The fourth-order valence-corrected chi connectivity index (χ4v) is 8.79. The van der Waals surface area contributed by atoms with E-state index in [4.69, 9.17) is 9.47 Å². The summed E-state index contributed by atoms with van der Waals surface area (Å²) >= 11 is 0. The second-order valence-electron chi connectivity index (χ2n) is 16.9. The van der Waals surface area contributed by atoms with Gasteiger partial charge in [-0.05, 0) is 97.5 Å². The van der Waals surface area contributed by atoms with Crippen LogP contribution in [0.2, 0.25) is 0 Å². The molecule has 0 atom stereocenters. The van der Waals surface area contributed by atoms with E-state index >= 15 is 0 Å². The second-order valence-corrected chi connectivity index (χ2v) is 19.7. The maximum absolute atomic E-state index is 11.7. The fraction of sp³-hybridized carbons (Fsp3) is 0.538. The second kappa shape index (κ2) is 33.6. The normalized spacial score (nSPS) is 11.4. The summed E-state index contributed by atoms with van der Waals surface area (Å²) in [5.41, 5.74) is 1.90. The number of hydrogen-bond donors (Lipinski definition) is 2. The Labute approximate surface area is 421 Å². The number of ether oxygens (including phenoxy) is 2. The first kappa shape index (κ1) is 58.3. The molecule has 0 heterocycles. The number of phenolic OH excluding ortho intramolecular Hbond substituents is 1. The minimum absolute atomic E-state index is 0. The predicted octanol–water partition coefficient (Wildman–Crippen LogP) is 14.0. The topological polar surface area (TPSA) is 173 Å². The van der Waals surface area contributed by atoms with Crippen LogP contribution in [0.25, 0.3) is 0 Å². The van der Waals surface area contributed by atoms with Gasteiger partial charge in [0.05, 0.1) is 4.90 Å². The van der Waals surface area contributed by atoms with Gasteiger partial charge in [0.2, 0.25) is 0 Å². The van der Waals surface area contributed by atoms with Crippen LogP contribution in [0.4, 0.5) is 0 Å². The van der Waals surface area contributed by atoms with Crippen molar-refractivity contribution in [1.82, 2.24) is 0 Å². The number of phenols is 1. The first-order valence-electron chi connectivity index (χ1n) is 23.9. The van der Waals surface area contributed by atoms with E-state index in [2.05, 4.69) is 13.8 Å². The third-order valence-corrected chi connectivity index (χ3v) is 13.1. The summed E-state index contributed by atoms with van der Waals surface area (Å²) < 4.78 is 79.1. The number of hydrogen-bond acceptors (Lipinski definition) is 9. The van der Waals surface area contributed by atoms with Gasteiger partial charge in [0, 0.05) is 0 Å². The molecule has 0 spiro atoms. The molecule has 0 aromatic heterocycles. The average molecular weight is 963 g/mol. The minimum atomic E-state index is -4.66. The van der Waals surface area contributed by atoms with Gasteiger partial charge in [-0.3, -0.25) is 4.55 Å². The number of rotatable bonds is 32. The van der Waals surface area contributed by atoms with E-state index in [1.807, 2.05) is 0 Å². The molecule has 0 aliphatic heterocycles. The van der Waals surface area contributed by atoms with E-state index in [0.717, 1.165) is 49.7 Å². The Hall–Kier alpha value is -2.84. The molecule has 4 aromatic carbocycles. The van der Waals surface area contributed by atoms with Crippen molar-refractivity contribution in [2.75, 3.05) is 0 Å². The Morgan fingerprint density at radius 2 is 0.785 bits per heavy atom. The first-order valence-corrected chi connectivity index (χ1v) is 26.8. The molecule has 0 amide bonds. The van der Waals surface area contributed by atoms with Crippen LogP contribution in [0.3, 0.4) is 0 Å². The Morgan fingerprint density at radius 3 is 1.14 bits per heavy atom. The van der Waals surface area contributed by atoms with Gasteiger partial charge in [-0.15, -0.1) is 5.75 Å². The van der Waals surface area contributed by atoms with E-state index in [9.17, 15) is 36.2 Å². The van der Waals surface area contributed by atoms with E-state index in [-0.39, 0.29) is 70.5 Å². The minimum Gasteiger partial charge on any atom is -0.872 e. The number of aryl methyl sites for hydroxylation is 2. The third kappa shape index (κ3) is 25.8. The van der Waals surface area contributed by atoms with E-state index < -0.39 is 20.2 Å². The van der Waals surface area contributed by atoms with Gasteiger partial charge in [-0.1, -0.05) is 179 Å². The summed E-state index contributed by atoms with van der Waals surface area (Å²) in [6.07, 6.45) is 32.4. The van der Waals surface area contributed by atoms with Crippen molar-refractivity contribution in [1.29, 1.82) is 0 Å². The van der Waals surface area contributed by atoms with Crippen molar-refractivity contribution in [2.24, 2.45) is 0 Å². The van der Waals surface area contributed by atoms with Crippen LogP contribution in [0.5, 0.6) is 34.5 Å². The van der Waals surface area contributed by atoms with Crippen LogP contribution in [-0.4, -0.2) is 68.8 Å². The van der Waals surface area contributed by atoms with Crippen LogP contribution in [0.1, 0.15) is 179 Å². The van der Waals surface area contributed by atoms with Crippen LogP contribution >= 0.6 is 0 Å². The maximum Gasteiger partial charge on any atom is 2.00 e. The SMILES string of the molecule is CCCCCCCCCCCCCCc1ccc(S(=O)(=O)O)c(Oc2ccc(O)cc2)c1.CCCCCCCCCCCCCCc1ccc(S(=O)(=O)[O-])c(Oc2ccc([O-])cc2)c1.[Ca+2]. The van der Waals surface area contributed by atoms with Crippen molar-refractivity contribution < 1.29 is 45.6 Å². The molecular formula is C52H74CaO10S2. The smallest absolute Gasteiger partial charge is 0.872 e. The van der Waals surface area contributed by atoms with E-state index in [0.29, 0.717) is 11.5 Å². The molecule has 356 valence electrons. The zero-order chi connectivity index (χ0) is 46.5. The zero-order valence-corrected chi connectivity index (χ0v) is 43.0. The molecule has 4 rings (SSSR count). The zero-order valence-electron chi connectivity index (χ0n) is 39.2. The Morgan fingerprint density at radius 1 is 0.462 bits per heavy atom. The Balaban J connectivity index is 0.000000440. The van der Waals surface area contributed by atoms with Crippen LogP contribution in [0.15, 0.2) is 94.7 Å². The van der Waals surface area contributed by atoms with Gasteiger partial charge < -0.3 is 24.2 Å². The molecule has 10 nitrogen and oxygen atoms in total. The summed E-state index contributed by atoms with van der Waals surface area (Å²) in [7, 11) is -9.06. The standard InChI is InChI=1S/2C26H38O5S.Ca/c2*1-2-3-4-5-6-7-8-9-10-11-12-13-14-22-15-20-26(32(28,29)30)25(21-22)31-24-18-16-23(27)17-19-24;/h2*15-21,27H,2-14H2,1H3,(H,28,29,30);/q;;+2/p-2. The number of aromatic hydroxyl groups is 1. The van der Waals surface area contributed by atoms with Gasteiger partial charge in [0.25, 0.3) is 10.1 Å². The summed E-state index contributed by atoms with van der Waals surface area (Å²) in [5, 5.41) is 20.6. The predicted molar refractivity (Wildman–Crippen MR) is 260 cm³/mol. The number of unbranched alkanes of at least 4 members (excludes halogenated alkanes) is 22. The molecule has 2 N–H and O–H groups in total.